The summed E-state index contributed by atoms with van der Waals surface area (Å²) in [6.45, 7) is 5.92. The first-order chi connectivity index (χ1) is 12.6. The molecule has 2 heterocycles. The van der Waals surface area contributed by atoms with Crippen LogP contribution < -0.4 is 16.0 Å². The molecule has 0 atom stereocenters. The molecule has 0 radical (unpaired) electrons. The van der Waals surface area contributed by atoms with Crippen LogP contribution in [0, 0.1) is 13.8 Å². The number of benzene rings is 2. The lowest BCUT2D eigenvalue weighted by Crippen LogP contribution is -2.31. The van der Waals surface area contributed by atoms with Gasteiger partial charge in [-0.3, -0.25) is 0 Å². The second kappa shape index (κ2) is 6.67. The summed E-state index contributed by atoms with van der Waals surface area (Å²) in [5.74, 6) is 1.44. The summed E-state index contributed by atoms with van der Waals surface area (Å²) in [4.78, 5) is 11.0. The fraction of sp³-hybridized carbons (Fsp3) is 0.238. The molecule has 1 aromatic heterocycles. The lowest BCUT2D eigenvalue weighted by molar-refractivity contribution is 0.721. The zero-order valence-corrected chi connectivity index (χ0v) is 15.2. The summed E-state index contributed by atoms with van der Waals surface area (Å²) in [6.07, 6.45) is 2.58. The van der Waals surface area contributed by atoms with E-state index < -0.39 is 0 Å². The van der Waals surface area contributed by atoms with Crippen LogP contribution in [0.4, 0.5) is 23.0 Å². The van der Waals surface area contributed by atoms with Crippen LogP contribution in [0.2, 0.25) is 0 Å². The first-order valence-electron chi connectivity index (χ1n) is 8.88. The highest BCUT2D eigenvalue weighted by Gasteiger charge is 2.20. The average Bonchev–Trinajstić information content (AvgIpc) is 2.66. The molecule has 132 valence electrons. The molecule has 0 amide bonds. The van der Waals surface area contributed by atoms with Gasteiger partial charge in [0.1, 0.15) is 12.0 Å². The fourth-order valence-electron chi connectivity index (χ4n) is 3.37. The van der Waals surface area contributed by atoms with Crippen molar-refractivity contribution in [3.05, 3.63) is 71.0 Å². The molecule has 0 aliphatic carbocycles. The number of fused-ring (bicyclic) bond motifs is 1. The molecule has 0 spiro atoms. The van der Waals surface area contributed by atoms with E-state index in [0.717, 1.165) is 31.0 Å². The van der Waals surface area contributed by atoms with E-state index in [4.69, 9.17) is 5.73 Å². The molecule has 5 nitrogen and oxygen atoms in total. The number of aryl methyl sites for hydroxylation is 2. The predicted molar refractivity (Wildman–Crippen MR) is 107 cm³/mol. The van der Waals surface area contributed by atoms with Crippen molar-refractivity contribution in [2.45, 2.75) is 26.8 Å². The predicted octanol–water partition coefficient (Wildman–Crippen LogP) is 3.98. The summed E-state index contributed by atoms with van der Waals surface area (Å²) in [6, 6.07) is 14.8. The van der Waals surface area contributed by atoms with Crippen LogP contribution in [0.25, 0.3) is 0 Å². The van der Waals surface area contributed by atoms with Gasteiger partial charge < -0.3 is 16.0 Å². The van der Waals surface area contributed by atoms with Crippen molar-refractivity contribution in [3.63, 3.8) is 0 Å². The number of nitrogens with zero attached hydrogens (tertiary/aromatic N) is 3. The van der Waals surface area contributed by atoms with Crippen LogP contribution in [0.1, 0.15) is 22.3 Å². The molecule has 1 aliphatic heterocycles. The normalized spacial score (nSPS) is 13.4. The second-order valence-electron chi connectivity index (χ2n) is 6.82. The Morgan fingerprint density at radius 3 is 2.62 bits per heavy atom. The molecular formula is C21H23N5. The Bertz CT molecular complexity index is 951. The van der Waals surface area contributed by atoms with Crippen molar-refractivity contribution >= 4 is 23.0 Å². The highest BCUT2D eigenvalue weighted by atomic mass is 15.2. The fourth-order valence-corrected chi connectivity index (χ4v) is 3.37. The number of nitrogen functional groups attached to an aromatic ring is 1. The summed E-state index contributed by atoms with van der Waals surface area (Å²) in [7, 11) is 0. The Labute approximate surface area is 153 Å². The topological polar surface area (TPSA) is 67.1 Å². The van der Waals surface area contributed by atoms with E-state index in [1.165, 1.54) is 22.3 Å². The van der Waals surface area contributed by atoms with E-state index in [1.54, 1.807) is 6.33 Å². The van der Waals surface area contributed by atoms with Gasteiger partial charge in [0.15, 0.2) is 11.6 Å². The van der Waals surface area contributed by atoms with Gasteiger partial charge in [-0.1, -0.05) is 30.3 Å². The third-order valence-electron chi connectivity index (χ3n) is 5.06. The third-order valence-corrected chi connectivity index (χ3v) is 5.06. The maximum absolute atomic E-state index is 6.42. The van der Waals surface area contributed by atoms with Gasteiger partial charge in [0.2, 0.25) is 0 Å². The van der Waals surface area contributed by atoms with Gasteiger partial charge in [-0.05, 0) is 54.7 Å². The molecule has 4 rings (SSSR count). The molecule has 5 heteroatoms. The summed E-state index contributed by atoms with van der Waals surface area (Å²) >= 11 is 0. The van der Waals surface area contributed by atoms with Crippen LogP contribution >= 0.6 is 0 Å². The zero-order chi connectivity index (χ0) is 18.1. The van der Waals surface area contributed by atoms with Crippen molar-refractivity contribution in [2.24, 2.45) is 0 Å². The molecule has 0 unspecified atom stereocenters. The highest BCUT2D eigenvalue weighted by Crippen LogP contribution is 2.32. The van der Waals surface area contributed by atoms with Crippen molar-refractivity contribution in [3.8, 4) is 0 Å². The third kappa shape index (κ3) is 3.08. The SMILES string of the molecule is Cc1ccc(Nc2ncnc(N3CCc4ccccc4C3)c2N)cc1C. The summed E-state index contributed by atoms with van der Waals surface area (Å²) < 4.78 is 0. The molecule has 3 N–H and O–H groups in total. The molecule has 2 aromatic carbocycles. The van der Waals surface area contributed by atoms with Crippen molar-refractivity contribution < 1.29 is 0 Å². The van der Waals surface area contributed by atoms with Gasteiger partial charge in [0.05, 0.1) is 0 Å². The van der Waals surface area contributed by atoms with Crippen LogP contribution in [0.3, 0.4) is 0 Å². The first-order valence-corrected chi connectivity index (χ1v) is 8.88. The van der Waals surface area contributed by atoms with Crippen LogP contribution in [0.15, 0.2) is 48.8 Å². The Kier molecular flexibility index (Phi) is 4.21. The number of nitrogens with two attached hydrogens (primary N) is 1. The number of aromatic nitrogens is 2. The lowest BCUT2D eigenvalue weighted by Gasteiger charge is -2.30. The minimum atomic E-state index is 0.588. The molecule has 0 saturated carbocycles. The van der Waals surface area contributed by atoms with Crippen molar-refractivity contribution in [2.75, 3.05) is 22.5 Å². The Hall–Kier alpha value is -3.08. The van der Waals surface area contributed by atoms with Gasteiger partial charge in [-0.25, -0.2) is 9.97 Å². The van der Waals surface area contributed by atoms with E-state index in [2.05, 4.69) is 70.4 Å². The lowest BCUT2D eigenvalue weighted by atomic mass is 10.00. The Morgan fingerprint density at radius 2 is 1.81 bits per heavy atom. The average molecular weight is 345 g/mol. The number of anilines is 4. The smallest absolute Gasteiger partial charge is 0.159 e. The largest absolute Gasteiger partial charge is 0.393 e. The van der Waals surface area contributed by atoms with Gasteiger partial charge in [-0.15, -0.1) is 0 Å². The van der Waals surface area contributed by atoms with Crippen molar-refractivity contribution in [1.29, 1.82) is 0 Å². The number of rotatable bonds is 3. The van der Waals surface area contributed by atoms with E-state index in [1.807, 2.05) is 6.07 Å². The number of nitrogens with one attached hydrogen (secondary N) is 1. The minimum absolute atomic E-state index is 0.588. The first kappa shape index (κ1) is 16.4. The molecule has 0 fully saturated rings. The van der Waals surface area contributed by atoms with Crippen molar-refractivity contribution in [1.82, 2.24) is 9.97 Å². The van der Waals surface area contributed by atoms with Crippen LogP contribution in [0.5, 0.6) is 0 Å². The van der Waals surface area contributed by atoms with E-state index in [0.29, 0.717) is 11.5 Å². The molecule has 1 aliphatic rings. The maximum atomic E-state index is 6.42. The Morgan fingerprint density at radius 1 is 1.00 bits per heavy atom. The molecule has 26 heavy (non-hydrogen) atoms. The van der Waals surface area contributed by atoms with Crippen LogP contribution in [-0.2, 0) is 13.0 Å². The monoisotopic (exact) mass is 345 g/mol. The second-order valence-corrected chi connectivity index (χ2v) is 6.82. The van der Waals surface area contributed by atoms with Gasteiger partial charge in [0, 0.05) is 18.8 Å². The van der Waals surface area contributed by atoms with E-state index in [9.17, 15) is 0 Å². The summed E-state index contributed by atoms with van der Waals surface area (Å²) in [5, 5.41) is 3.34. The molecule has 0 saturated heterocycles. The van der Waals surface area contributed by atoms with E-state index >= 15 is 0 Å². The van der Waals surface area contributed by atoms with Gasteiger partial charge in [-0.2, -0.15) is 0 Å². The zero-order valence-electron chi connectivity index (χ0n) is 15.2. The quantitative estimate of drug-likeness (QED) is 0.751. The number of hydrogen-bond donors (Lipinski definition) is 2. The highest BCUT2D eigenvalue weighted by molar-refractivity contribution is 5.78. The van der Waals surface area contributed by atoms with Gasteiger partial charge >= 0.3 is 0 Å². The van der Waals surface area contributed by atoms with Gasteiger partial charge in [0.25, 0.3) is 0 Å². The van der Waals surface area contributed by atoms with Crippen LogP contribution in [-0.4, -0.2) is 16.5 Å². The molecule has 3 aromatic rings. The standard InChI is InChI=1S/C21H23N5/c1-14-7-8-18(11-15(14)2)25-20-19(22)21(24-13-23-20)26-10-9-16-5-3-4-6-17(16)12-26/h3-8,11,13H,9-10,12,22H2,1-2H3,(H,23,24,25). The minimum Gasteiger partial charge on any atom is -0.393 e. The summed E-state index contributed by atoms with van der Waals surface area (Å²) in [5.41, 5.74) is 13.2. The number of hydrogen-bond acceptors (Lipinski definition) is 5. The Balaban J connectivity index is 1.61. The molecular weight excluding hydrogens is 322 g/mol. The molecule has 0 bridgehead atoms. The maximum Gasteiger partial charge on any atom is 0.159 e. The van der Waals surface area contributed by atoms with E-state index in [-0.39, 0.29) is 0 Å².